The number of nitrogens with one attached hydrogen (secondary N) is 1. The van der Waals surface area contributed by atoms with Crippen molar-refractivity contribution < 1.29 is 17.9 Å². The van der Waals surface area contributed by atoms with Gasteiger partial charge in [-0.25, -0.2) is 0 Å². The van der Waals surface area contributed by atoms with Crippen LogP contribution in [0.2, 0.25) is 0 Å². The molecule has 192 valence electrons. The second-order valence-corrected chi connectivity index (χ2v) is 10.8. The molecule has 1 fully saturated rings. The zero-order valence-corrected chi connectivity index (χ0v) is 21.3. The molecule has 2 aliphatic rings. The molecule has 3 heterocycles. The monoisotopic (exact) mass is 519 g/mol. The Labute approximate surface area is 217 Å². The highest BCUT2D eigenvalue weighted by Crippen LogP contribution is 2.59. The van der Waals surface area contributed by atoms with Crippen molar-refractivity contribution >= 4 is 26.7 Å². The first kappa shape index (κ1) is 25.2. The highest BCUT2D eigenvalue weighted by atomic mass is 32.3. The Bertz CT molecular complexity index is 1250. The maximum Gasteiger partial charge on any atom is 0.257 e. The van der Waals surface area contributed by atoms with Crippen LogP contribution in [0.1, 0.15) is 27.6 Å². The van der Waals surface area contributed by atoms with Crippen molar-refractivity contribution in [3.63, 3.8) is 0 Å². The van der Waals surface area contributed by atoms with Crippen LogP contribution >= 0.6 is 10.6 Å². The van der Waals surface area contributed by atoms with Gasteiger partial charge in [0, 0.05) is 43.2 Å². The number of hydrogen-bond acceptors (Lipinski definition) is 8. The van der Waals surface area contributed by atoms with Crippen LogP contribution in [-0.2, 0) is 13.1 Å². The second kappa shape index (κ2) is 11.8. The van der Waals surface area contributed by atoms with Gasteiger partial charge in [-0.15, -0.1) is 10.2 Å². The van der Waals surface area contributed by atoms with Gasteiger partial charge in [0.05, 0.1) is 20.3 Å². The molecule has 2 aromatic carbocycles. The summed E-state index contributed by atoms with van der Waals surface area (Å²) in [5.41, 5.74) is 2.25. The van der Waals surface area contributed by atoms with Crippen molar-refractivity contribution in [3.05, 3.63) is 102 Å². The van der Waals surface area contributed by atoms with E-state index in [1.54, 1.807) is 31.6 Å². The van der Waals surface area contributed by atoms with Crippen LogP contribution in [-0.4, -0.2) is 66.0 Å². The van der Waals surface area contributed by atoms with Gasteiger partial charge in [0.1, 0.15) is 6.10 Å². The van der Waals surface area contributed by atoms with E-state index < -0.39 is 10.6 Å². The predicted octanol–water partition coefficient (Wildman–Crippen LogP) is 3.91. The van der Waals surface area contributed by atoms with Crippen LogP contribution in [0.25, 0.3) is 0 Å². The average molecular weight is 520 g/mol. The van der Waals surface area contributed by atoms with Gasteiger partial charge < -0.3 is 4.74 Å². The molecule has 5 rings (SSSR count). The number of carbonyl (C=O) groups is 1. The summed E-state index contributed by atoms with van der Waals surface area (Å²) in [7, 11) is -1.18. The Hall–Kier alpha value is -3.41. The summed E-state index contributed by atoms with van der Waals surface area (Å²) < 4.78 is 18.7. The van der Waals surface area contributed by atoms with Crippen molar-refractivity contribution in [3.8, 4) is 0 Å². The number of aromatic nitrogens is 1. The van der Waals surface area contributed by atoms with Gasteiger partial charge in [-0.3, -0.25) is 28.4 Å². The number of amidine groups is 1. The molecule has 0 spiro atoms. The quantitative estimate of drug-likeness (QED) is 0.485. The van der Waals surface area contributed by atoms with E-state index in [-0.39, 0.29) is 17.2 Å². The number of benzene rings is 2. The zero-order valence-electron chi connectivity index (χ0n) is 20.5. The molecule has 10 heteroatoms. The van der Waals surface area contributed by atoms with Gasteiger partial charge in [-0.1, -0.05) is 59.1 Å². The van der Waals surface area contributed by atoms with Crippen LogP contribution in [0, 0.1) is 0 Å². The molecular formula is C27H29N5O4S. The van der Waals surface area contributed by atoms with E-state index in [2.05, 4.69) is 25.4 Å². The van der Waals surface area contributed by atoms with Gasteiger partial charge in [-0.05, 0) is 29.8 Å². The first-order chi connectivity index (χ1) is 18.2. The fourth-order valence-electron chi connectivity index (χ4n) is 4.18. The van der Waals surface area contributed by atoms with E-state index in [0.717, 1.165) is 24.2 Å². The summed E-state index contributed by atoms with van der Waals surface area (Å²) in [6.07, 6.45) is 2.99. The summed E-state index contributed by atoms with van der Waals surface area (Å²) in [5.74, 6) is -0.313. The van der Waals surface area contributed by atoms with Crippen molar-refractivity contribution in [2.45, 2.75) is 6.10 Å². The number of pyridine rings is 1. The zero-order chi connectivity index (χ0) is 25.5. The number of rotatable bonds is 8. The van der Waals surface area contributed by atoms with E-state index in [4.69, 9.17) is 13.1 Å². The lowest BCUT2D eigenvalue weighted by atomic mass is 10.1. The molecule has 0 saturated carbocycles. The van der Waals surface area contributed by atoms with E-state index in [9.17, 15) is 4.79 Å². The van der Waals surface area contributed by atoms with Crippen LogP contribution < -0.4 is 5.32 Å². The summed E-state index contributed by atoms with van der Waals surface area (Å²) in [6, 6.07) is 22.6. The molecule has 1 aromatic heterocycles. The van der Waals surface area contributed by atoms with Crippen LogP contribution in [0.4, 0.5) is 0 Å². The molecule has 37 heavy (non-hydrogen) atoms. The number of ether oxygens (including phenoxy) is 1. The van der Waals surface area contributed by atoms with Gasteiger partial charge in [0.15, 0.2) is 5.04 Å². The molecule has 0 bridgehead atoms. The Morgan fingerprint density at radius 2 is 1.68 bits per heavy atom. The lowest BCUT2D eigenvalue weighted by Gasteiger charge is -2.42. The highest BCUT2D eigenvalue weighted by Gasteiger charge is 2.43. The summed E-state index contributed by atoms with van der Waals surface area (Å²) in [5, 5.41) is 12.5. The fourth-order valence-corrected chi connectivity index (χ4v) is 6.41. The van der Waals surface area contributed by atoms with Crippen molar-refractivity contribution in [2.24, 2.45) is 10.2 Å². The fraction of sp³-hybridized carbons (Fsp3) is 0.259. The molecule has 3 aromatic rings. The molecule has 0 radical (unpaired) electrons. The SMILES string of the molecule is COS1(OC(CN2CCOCC2)c2ccccc2)C(NC(=O)c2ccccc2)=NN=C1c1ccncc1. The molecule has 1 saturated heterocycles. The molecule has 2 aliphatic heterocycles. The Morgan fingerprint density at radius 3 is 2.35 bits per heavy atom. The minimum Gasteiger partial charge on any atom is -0.379 e. The number of amides is 1. The maximum atomic E-state index is 13.1. The van der Waals surface area contributed by atoms with Gasteiger partial charge in [0.25, 0.3) is 5.91 Å². The largest absolute Gasteiger partial charge is 0.379 e. The molecular weight excluding hydrogens is 490 g/mol. The minimum absolute atomic E-state index is 0.249. The number of nitrogens with zero attached hydrogens (tertiary/aromatic N) is 4. The second-order valence-electron chi connectivity index (χ2n) is 8.44. The molecule has 2 unspecified atom stereocenters. The first-order valence-electron chi connectivity index (χ1n) is 12.0. The number of morpholine rings is 1. The lowest BCUT2D eigenvalue weighted by Crippen LogP contribution is -2.41. The number of hydrogen-bond donors (Lipinski definition) is 1. The molecule has 1 N–H and O–H groups in total. The summed E-state index contributed by atoms with van der Waals surface area (Å²) in [4.78, 5) is 19.6. The molecule has 2 atom stereocenters. The van der Waals surface area contributed by atoms with Crippen molar-refractivity contribution in [1.82, 2.24) is 15.2 Å². The maximum absolute atomic E-state index is 13.1. The smallest absolute Gasteiger partial charge is 0.257 e. The van der Waals surface area contributed by atoms with E-state index in [0.29, 0.717) is 30.4 Å². The minimum atomic E-state index is -2.75. The standard InChI is InChI=1S/C27H29N5O4S/c1-34-37(36-24(21-8-4-2-5-9-21)20-32-16-18-35-19-17-32)26(23-12-14-28-15-13-23)30-31-27(37)29-25(33)22-10-6-3-7-11-22/h2-15,24H,16-20H2,1H3,(H,29,31,33). The highest BCUT2D eigenvalue weighted by molar-refractivity contribution is 8.49. The van der Waals surface area contributed by atoms with Crippen LogP contribution in [0.5, 0.6) is 0 Å². The average Bonchev–Trinajstić information content (AvgIpc) is 3.32. The lowest BCUT2D eigenvalue weighted by molar-refractivity contribution is 0.0200. The van der Waals surface area contributed by atoms with E-state index in [1.165, 1.54) is 0 Å². The third kappa shape index (κ3) is 5.63. The third-order valence-electron chi connectivity index (χ3n) is 6.11. The molecule has 0 aliphatic carbocycles. The van der Waals surface area contributed by atoms with Gasteiger partial charge in [0.2, 0.25) is 5.17 Å². The predicted molar refractivity (Wildman–Crippen MR) is 144 cm³/mol. The molecule has 9 nitrogen and oxygen atoms in total. The third-order valence-corrected chi connectivity index (χ3v) is 8.60. The summed E-state index contributed by atoms with van der Waals surface area (Å²) in [6.45, 7) is 3.58. The Morgan fingerprint density at radius 1 is 1.00 bits per heavy atom. The van der Waals surface area contributed by atoms with E-state index >= 15 is 0 Å². The molecule has 1 amide bonds. The Kier molecular flexibility index (Phi) is 8.02. The van der Waals surface area contributed by atoms with Crippen LogP contribution in [0.15, 0.2) is 95.4 Å². The normalized spacial score (nSPS) is 22.4. The summed E-state index contributed by atoms with van der Waals surface area (Å²) >= 11 is 0. The first-order valence-corrected chi connectivity index (χ1v) is 13.5. The van der Waals surface area contributed by atoms with E-state index in [1.807, 2.05) is 60.7 Å². The van der Waals surface area contributed by atoms with Gasteiger partial charge in [-0.2, -0.15) is 0 Å². The number of carbonyl (C=O) groups excluding carboxylic acids is 1. The topological polar surface area (TPSA) is 97.6 Å². The van der Waals surface area contributed by atoms with Crippen molar-refractivity contribution in [1.29, 1.82) is 0 Å². The van der Waals surface area contributed by atoms with Crippen LogP contribution in [0.3, 0.4) is 0 Å². The van der Waals surface area contributed by atoms with Crippen molar-refractivity contribution in [2.75, 3.05) is 40.0 Å². The Balaban J connectivity index is 1.51. The van der Waals surface area contributed by atoms with Gasteiger partial charge >= 0.3 is 0 Å².